The zero-order valence-corrected chi connectivity index (χ0v) is 18.0. The number of hydrogen-bond donors (Lipinski definition) is 1. The maximum Gasteiger partial charge on any atom is 0.228 e. The zero-order chi connectivity index (χ0) is 22.6. The van der Waals surface area contributed by atoms with E-state index in [2.05, 4.69) is 34.2 Å². The van der Waals surface area contributed by atoms with Gasteiger partial charge in [-0.25, -0.2) is 14.5 Å². The Morgan fingerprint density at radius 3 is 2.65 bits per heavy atom. The van der Waals surface area contributed by atoms with Crippen molar-refractivity contribution in [2.24, 2.45) is 0 Å². The smallest absolute Gasteiger partial charge is 0.228 e. The van der Waals surface area contributed by atoms with E-state index in [4.69, 9.17) is 20.6 Å². The number of nitrogen functional groups attached to an aromatic ring is 1. The van der Waals surface area contributed by atoms with Crippen molar-refractivity contribution in [2.45, 2.75) is 5.92 Å². The second-order valence-corrected chi connectivity index (χ2v) is 8.27. The molecule has 4 heterocycles. The first-order chi connectivity index (χ1) is 16.8. The zero-order valence-electron chi connectivity index (χ0n) is 18.0. The predicted molar refractivity (Wildman–Crippen MR) is 130 cm³/mol. The number of pyridine rings is 1. The Kier molecular flexibility index (Phi) is 3.92. The van der Waals surface area contributed by atoms with Crippen LogP contribution in [0.4, 0.5) is 5.69 Å². The lowest BCUT2D eigenvalue weighted by molar-refractivity contribution is 0.433. The fourth-order valence-electron chi connectivity index (χ4n) is 4.80. The summed E-state index contributed by atoms with van der Waals surface area (Å²) in [7, 11) is 0. The third kappa shape index (κ3) is 2.70. The van der Waals surface area contributed by atoms with E-state index < -0.39 is 0 Å². The highest BCUT2D eigenvalue weighted by Gasteiger charge is 2.34. The number of ether oxygens (including phenoxy) is 1. The van der Waals surface area contributed by atoms with Crippen molar-refractivity contribution >= 4 is 22.1 Å². The van der Waals surface area contributed by atoms with Gasteiger partial charge in [0.1, 0.15) is 12.1 Å². The Labute approximate surface area is 194 Å². The minimum Gasteiger partial charge on any atom is -0.438 e. The molecule has 162 valence electrons. The number of hydrogen-bond acceptors (Lipinski definition) is 6. The van der Waals surface area contributed by atoms with Gasteiger partial charge in [-0.3, -0.25) is 4.98 Å². The summed E-state index contributed by atoms with van der Waals surface area (Å²) in [5.74, 6) is 1.66. The van der Waals surface area contributed by atoms with E-state index in [1.165, 1.54) is 0 Å². The second-order valence-electron chi connectivity index (χ2n) is 8.27. The topological polar surface area (TPSA) is 91.2 Å². The van der Waals surface area contributed by atoms with E-state index in [0.29, 0.717) is 23.0 Å². The number of aromatic nitrogens is 5. The normalized spacial score (nSPS) is 14.5. The van der Waals surface area contributed by atoms with E-state index in [9.17, 15) is 0 Å². The van der Waals surface area contributed by atoms with Crippen molar-refractivity contribution in [3.8, 4) is 23.0 Å². The molecule has 0 saturated heterocycles. The molecule has 0 fully saturated rings. The van der Waals surface area contributed by atoms with Crippen molar-refractivity contribution in [3.63, 3.8) is 0 Å². The lowest BCUT2D eigenvalue weighted by Crippen LogP contribution is -2.15. The highest BCUT2D eigenvalue weighted by Crippen LogP contribution is 2.50. The van der Waals surface area contributed by atoms with E-state index in [1.54, 1.807) is 17.0 Å². The number of anilines is 1. The SMILES string of the molecule is Nc1ccccc1-c1nc2c3c(ncn2n1)Oc1ccc2ccccc2c1C3c1cccnc1. The fourth-order valence-corrected chi connectivity index (χ4v) is 4.80. The van der Waals surface area contributed by atoms with Crippen LogP contribution < -0.4 is 10.5 Å². The third-order valence-electron chi connectivity index (χ3n) is 6.32. The monoisotopic (exact) mass is 442 g/mol. The average molecular weight is 442 g/mol. The molecule has 3 aromatic heterocycles. The number of fused-ring (bicyclic) bond motifs is 6. The first-order valence-corrected chi connectivity index (χ1v) is 11.0. The molecule has 6 aromatic rings. The van der Waals surface area contributed by atoms with Crippen LogP contribution in [-0.2, 0) is 0 Å². The summed E-state index contributed by atoms with van der Waals surface area (Å²) in [5, 5.41) is 6.95. The molecule has 1 atom stereocenters. The van der Waals surface area contributed by atoms with Crippen LogP contribution in [0, 0.1) is 0 Å². The van der Waals surface area contributed by atoms with Crippen molar-refractivity contribution in [1.82, 2.24) is 24.6 Å². The van der Waals surface area contributed by atoms with Gasteiger partial charge >= 0.3 is 0 Å². The second kappa shape index (κ2) is 7.11. The van der Waals surface area contributed by atoms with Gasteiger partial charge in [0.2, 0.25) is 5.88 Å². The lowest BCUT2D eigenvalue weighted by atomic mass is 9.82. The maximum atomic E-state index is 6.35. The van der Waals surface area contributed by atoms with Gasteiger partial charge in [-0.15, -0.1) is 5.10 Å². The maximum absolute atomic E-state index is 6.35. The number of nitrogens with two attached hydrogens (primary N) is 1. The summed E-state index contributed by atoms with van der Waals surface area (Å²) in [4.78, 5) is 13.9. The van der Waals surface area contributed by atoms with Crippen LogP contribution in [0.25, 0.3) is 27.8 Å². The average Bonchev–Trinajstić information content (AvgIpc) is 3.32. The van der Waals surface area contributed by atoms with Gasteiger partial charge in [-0.05, 0) is 40.6 Å². The van der Waals surface area contributed by atoms with Crippen LogP contribution >= 0.6 is 0 Å². The van der Waals surface area contributed by atoms with Gasteiger partial charge in [-0.2, -0.15) is 0 Å². The fraction of sp³-hybridized carbons (Fsp3) is 0.0370. The molecule has 0 amide bonds. The molecule has 2 N–H and O–H groups in total. The Balaban J connectivity index is 1.55. The predicted octanol–water partition coefficient (Wildman–Crippen LogP) is 5.21. The molecular formula is C27H18N6O. The molecule has 0 aliphatic carbocycles. The van der Waals surface area contributed by atoms with Crippen molar-refractivity contribution in [3.05, 3.63) is 108 Å². The molecule has 0 spiro atoms. The summed E-state index contributed by atoms with van der Waals surface area (Å²) in [6, 6.07) is 24.0. The minimum absolute atomic E-state index is 0.181. The first kappa shape index (κ1) is 18.8. The number of benzene rings is 3. The molecule has 1 aliphatic rings. The molecule has 1 aliphatic heterocycles. The summed E-state index contributed by atoms with van der Waals surface area (Å²) >= 11 is 0. The van der Waals surface area contributed by atoms with Gasteiger partial charge < -0.3 is 10.5 Å². The summed E-state index contributed by atoms with van der Waals surface area (Å²) in [6.45, 7) is 0. The highest BCUT2D eigenvalue weighted by atomic mass is 16.5. The van der Waals surface area contributed by atoms with Crippen molar-refractivity contribution in [2.75, 3.05) is 5.73 Å². The molecule has 34 heavy (non-hydrogen) atoms. The third-order valence-corrected chi connectivity index (χ3v) is 6.32. The quantitative estimate of drug-likeness (QED) is 0.370. The Hall–Kier alpha value is -4.78. The summed E-state index contributed by atoms with van der Waals surface area (Å²) in [6.07, 6.45) is 5.30. The van der Waals surface area contributed by atoms with Gasteiger partial charge in [0.05, 0.1) is 5.56 Å². The minimum atomic E-state index is -0.181. The van der Waals surface area contributed by atoms with Crippen LogP contribution in [-0.4, -0.2) is 24.6 Å². The largest absolute Gasteiger partial charge is 0.438 e. The van der Waals surface area contributed by atoms with E-state index in [0.717, 1.165) is 38.8 Å². The van der Waals surface area contributed by atoms with Crippen LogP contribution in [0.5, 0.6) is 11.6 Å². The Bertz CT molecular complexity index is 1710. The van der Waals surface area contributed by atoms with Crippen LogP contribution in [0.15, 0.2) is 91.5 Å². The van der Waals surface area contributed by atoms with Gasteiger partial charge in [0.15, 0.2) is 11.5 Å². The Morgan fingerprint density at radius 2 is 1.76 bits per heavy atom. The number of para-hydroxylation sites is 1. The molecule has 0 bridgehead atoms. The molecule has 0 saturated carbocycles. The molecule has 7 rings (SSSR count). The molecule has 1 unspecified atom stereocenters. The van der Waals surface area contributed by atoms with Crippen LogP contribution in [0.2, 0.25) is 0 Å². The highest BCUT2D eigenvalue weighted by molar-refractivity contribution is 5.91. The van der Waals surface area contributed by atoms with Gasteiger partial charge in [0, 0.05) is 35.1 Å². The van der Waals surface area contributed by atoms with E-state index in [-0.39, 0.29) is 5.92 Å². The summed E-state index contributed by atoms with van der Waals surface area (Å²) in [5.41, 5.74) is 11.2. The Morgan fingerprint density at radius 1 is 0.882 bits per heavy atom. The molecule has 0 radical (unpaired) electrons. The molecule has 7 nitrogen and oxygen atoms in total. The van der Waals surface area contributed by atoms with Gasteiger partial charge in [-0.1, -0.05) is 48.5 Å². The number of nitrogens with zero attached hydrogens (tertiary/aromatic N) is 5. The van der Waals surface area contributed by atoms with Crippen LogP contribution in [0.1, 0.15) is 22.6 Å². The summed E-state index contributed by atoms with van der Waals surface area (Å²) < 4.78 is 8.04. The molecular weight excluding hydrogens is 424 g/mol. The molecule has 3 aromatic carbocycles. The lowest BCUT2D eigenvalue weighted by Gasteiger charge is -2.28. The van der Waals surface area contributed by atoms with Crippen LogP contribution in [0.3, 0.4) is 0 Å². The van der Waals surface area contributed by atoms with E-state index >= 15 is 0 Å². The van der Waals surface area contributed by atoms with E-state index in [1.807, 2.05) is 54.7 Å². The number of rotatable bonds is 2. The van der Waals surface area contributed by atoms with Crippen molar-refractivity contribution < 1.29 is 4.74 Å². The van der Waals surface area contributed by atoms with Gasteiger partial charge in [0.25, 0.3) is 0 Å². The molecule has 7 heteroatoms. The first-order valence-electron chi connectivity index (χ1n) is 11.0. The standard InChI is InChI=1S/C27H18N6O/c28-20-10-4-3-9-19(20)25-31-26-24-22(17-7-5-13-29-14-17)23-18-8-2-1-6-16(18)11-12-21(23)34-27(24)30-15-33(26)32-25/h1-15,22H,28H2. The van der Waals surface area contributed by atoms with Crippen molar-refractivity contribution in [1.29, 1.82) is 0 Å².